The van der Waals surface area contributed by atoms with Crippen LogP contribution in [0.25, 0.3) is 11.0 Å². The molecule has 3 amide bonds. The number of urea groups is 1. The molecule has 3 N–H and O–H groups in total. The van der Waals surface area contributed by atoms with Crippen molar-refractivity contribution in [2.75, 3.05) is 5.75 Å². The van der Waals surface area contributed by atoms with E-state index in [9.17, 15) is 9.59 Å². The lowest BCUT2D eigenvalue weighted by molar-refractivity contribution is -0.117. The summed E-state index contributed by atoms with van der Waals surface area (Å²) in [6, 6.07) is 8.17. The average molecular weight is 365 g/mol. The molecular weight excluding hydrogens is 352 g/mol. The van der Waals surface area contributed by atoms with E-state index in [-0.39, 0.29) is 12.3 Å². The molecule has 7 nitrogen and oxygen atoms in total. The zero-order valence-electron chi connectivity index (χ0n) is 12.3. The van der Waals surface area contributed by atoms with Gasteiger partial charge in [0.05, 0.1) is 29.6 Å². The second kappa shape index (κ2) is 7.41. The number of carbonyl (C=O) groups excluding carboxylic acids is 2. The summed E-state index contributed by atoms with van der Waals surface area (Å²) in [7, 11) is 0. The van der Waals surface area contributed by atoms with Crippen LogP contribution < -0.4 is 10.6 Å². The van der Waals surface area contributed by atoms with Gasteiger partial charge in [0.1, 0.15) is 5.76 Å². The number of imide groups is 1. The number of hydrogen-bond donors (Lipinski definition) is 3. The monoisotopic (exact) mass is 364 g/mol. The van der Waals surface area contributed by atoms with E-state index >= 15 is 0 Å². The third-order valence-electron chi connectivity index (χ3n) is 3.02. The Hall–Kier alpha value is -2.45. The lowest BCUT2D eigenvalue weighted by atomic mass is 10.3. The molecule has 2 aromatic heterocycles. The van der Waals surface area contributed by atoms with Gasteiger partial charge in [-0.1, -0.05) is 23.4 Å². The van der Waals surface area contributed by atoms with E-state index in [4.69, 9.17) is 16.0 Å². The molecule has 3 aromatic rings. The fourth-order valence-electron chi connectivity index (χ4n) is 1.95. The fourth-order valence-corrected chi connectivity index (χ4v) is 2.81. The van der Waals surface area contributed by atoms with Gasteiger partial charge in [-0.05, 0) is 30.3 Å². The van der Waals surface area contributed by atoms with Crippen LogP contribution in [0.5, 0.6) is 0 Å². The number of imidazole rings is 1. The van der Waals surface area contributed by atoms with Crippen LogP contribution in [-0.4, -0.2) is 27.7 Å². The second-order valence-electron chi connectivity index (χ2n) is 4.80. The first kappa shape index (κ1) is 16.4. The van der Waals surface area contributed by atoms with E-state index in [1.54, 1.807) is 30.3 Å². The topological polar surface area (TPSA) is 100 Å². The third kappa shape index (κ3) is 4.30. The van der Waals surface area contributed by atoms with Gasteiger partial charge in [-0.25, -0.2) is 9.78 Å². The highest BCUT2D eigenvalue weighted by molar-refractivity contribution is 7.99. The number of nitrogens with one attached hydrogen (secondary N) is 3. The van der Waals surface area contributed by atoms with Gasteiger partial charge in [0, 0.05) is 5.02 Å². The molecule has 0 aliphatic carbocycles. The summed E-state index contributed by atoms with van der Waals surface area (Å²) in [6.07, 6.45) is 1.51. The molecule has 0 bridgehead atoms. The van der Waals surface area contributed by atoms with Gasteiger partial charge >= 0.3 is 6.03 Å². The molecule has 0 atom stereocenters. The lowest BCUT2D eigenvalue weighted by Crippen LogP contribution is -2.39. The number of nitrogens with zero attached hydrogens (tertiary/aromatic N) is 1. The molecule has 0 aliphatic rings. The first-order valence-corrected chi connectivity index (χ1v) is 8.34. The van der Waals surface area contributed by atoms with Crippen molar-refractivity contribution in [3.05, 3.63) is 47.4 Å². The molecule has 0 saturated heterocycles. The molecule has 0 unspecified atom stereocenters. The lowest BCUT2D eigenvalue weighted by Gasteiger charge is -2.04. The van der Waals surface area contributed by atoms with Crippen molar-refractivity contribution in [2.45, 2.75) is 11.7 Å². The Morgan fingerprint density at radius 1 is 1.33 bits per heavy atom. The number of furan rings is 1. The molecule has 24 heavy (non-hydrogen) atoms. The van der Waals surface area contributed by atoms with Crippen molar-refractivity contribution in [2.24, 2.45) is 0 Å². The van der Waals surface area contributed by atoms with Crippen LogP contribution in [0.4, 0.5) is 4.79 Å². The first-order valence-electron chi connectivity index (χ1n) is 6.98. The highest BCUT2D eigenvalue weighted by Gasteiger charge is 2.10. The number of amides is 3. The average Bonchev–Trinajstić information content (AvgIpc) is 3.19. The van der Waals surface area contributed by atoms with E-state index < -0.39 is 11.9 Å². The molecule has 0 fully saturated rings. The van der Waals surface area contributed by atoms with Gasteiger partial charge in [0.2, 0.25) is 5.91 Å². The van der Waals surface area contributed by atoms with Crippen molar-refractivity contribution in [1.82, 2.24) is 20.6 Å². The largest absolute Gasteiger partial charge is 0.467 e. The zero-order valence-corrected chi connectivity index (χ0v) is 13.9. The molecule has 124 valence electrons. The summed E-state index contributed by atoms with van der Waals surface area (Å²) >= 11 is 7.11. The van der Waals surface area contributed by atoms with Crippen LogP contribution in [0.3, 0.4) is 0 Å². The molecule has 0 aliphatic heterocycles. The van der Waals surface area contributed by atoms with E-state index in [1.807, 2.05) is 0 Å². The van der Waals surface area contributed by atoms with Crippen molar-refractivity contribution in [1.29, 1.82) is 0 Å². The van der Waals surface area contributed by atoms with Crippen molar-refractivity contribution in [3.63, 3.8) is 0 Å². The summed E-state index contributed by atoms with van der Waals surface area (Å²) in [4.78, 5) is 30.8. The van der Waals surface area contributed by atoms with Crippen LogP contribution in [-0.2, 0) is 11.3 Å². The maximum atomic E-state index is 11.8. The molecular formula is C15H13ClN4O3S. The summed E-state index contributed by atoms with van der Waals surface area (Å²) in [5.74, 6) is 0.241. The molecule has 2 heterocycles. The number of rotatable bonds is 5. The first-order chi connectivity index (χ1) is 11.6. The molecule has 3 rings (SSSR count). The van der Waals surface area contributed by atoms with E-state index in [0.29, 0.717) is 15.9 Å². The number of H-pyrrole nitrogens is 1. The minimum Gasteiger partial charge on any atom is -0.467 e. The van der Waals surface area contributed by atoms with Gasteiger partial charge < -0.3 is 14.7 Å². The fraction of sp³-hybridized carbons (Fsp3) is 0.133. The molecule has 0 radical (unpaired) electrons. The second-order valence-corrected chi connectivity index (χ2v) is 6.20. The van der Waals surface area contributed by atoms with Crippen molar-refractivity contribution in [3.8, 4) is 0 Å². The summed E-state index contributed by atoms with van der Waals surface area (Å²) in [5.41, 5.74) is 1.56. The quantitative estimate of drug-likeness (QED) is 0.604. The molecule has 0 saturated carbocycles. The van der Waals surface area contributed by atoms with Gasteiger partial charge in [0.15, 0.2) is 5.16 Å². The van der Waals surface area contributed by atoms with Gasteiger partial charge in [-0.15, -0.1) is 0 Å². The minimum atomic E-state index is -0.576. The number of thioether (sulfide) groups is 1. The third-order valence-corrected chi connectivity index (χ3v) is 4.13. The van der Waals surface area contributed by atoms with Crippen molar-refractivity contribution >= 4 is 46.3 Å². The Morgan fingerprint density at radius 2 is 2.21 bits per heavy atom. The van der Waals surface area contributed by atoms with E-state index in [1.165, 1.54) is 18.0 Å². The number of halogens is 1. The van der Waals surface area contributed by atoms with Crippen molar-refractivity contribution < 1.29 is 14.0 Å². The van der Waals surface area contributed by atoms with E-state index in [0.717, 1.165) is 11.0 Å². The Balaban J connectivity index is 1.46. The van der Waals surface area contributed by atoms with E-state index in [2.05, 4.69) is 20.6 Å². The van der Waals surface area contributed by atoms with Gasteiger partial charge in [-0.2, -0.15) is 0 Å². The van der Waals surface area contributed by atoms with Crippen LogP contribution in [0, 0.1) is 0 Å². The summed E-state index contributed by atoms with van der Waals surface area (Å²) in [5, 5.41) is 5.96. The van der Waals surface area contributed by atoms with Crippen LogP contribution in [0.2, 0.25) is 5.02 Å². The van der Waals surface area contributed by atoms with Crippen LogP contribution >= 0.6 is 23.4 Å². The minimum absolute atomic E-state index is 0.0573. The summed E-state index contributed by atoms with van der Waals surface area (Å²) in [6.45, 7) is 0.212. The number of aromatic nitrogens is 2. The van der Waals surface area contributed by atoms with Gasteiger partial charge in [0.25, 0.3) is 0 Å². The highest BCUT2D eigenvalue weighted by atomic mass is 35.5. The Bertz CT molecular complexity index is 863. The van der Waals surface area contributed by atoms with Gasteiger partial charge in [-0.3, -0.25) is 10.1 Å². The Labute approximate surface area is 146 Å². The molecule has 9 heteroatoms. The number of hydrogen-bond acceptors (Lipinski definition) is 5. The predicted molar refractivity (Wildman–Crippen MR) is 90.9 cm³/mol. The number of fused-ring (bicyclic) bond motifs is 1. The smallest absolute Gasteiger partial charge is 0.321 e. The SMILES string of the molecule is O=C(CSc1nc2ccc(Cl)cc2[nH]1)NC(=O)NCc1ccco1. The van der Waals surface area contributed by atoms with Crippen LogP contribution in [0.15, 0.2) is 46.2 Å². The molecule has 0 spiro atoms. The summed E-state index contributed by atoms with van der Waals surface area (Å²) < 4.78 is 5.08. The Morgan fingerprint density at radius 3 is 3.00 bits per heavy atom. The van der Waals surface area contributed by atoms with Crippen LogP contribution in [0.1, 0.15) is 5.76 Å². The normalized spacial score (nSPS) is 10.7. The standard InChI is InChI=1S/C15H13ClN4O3S/c16-9-3-4-11-12(6-9)19-15(18-11)24-8-13(21)20-14(22)17-7-10-2-1-5-23-10/h1-6H,7-8H2,(H,18,19)(H2,17,20,21,22). The highest BCUT2D eigenvalue weighted by Crippen LogP contribution is 2.21. The predicted octanol–water partition coefficient (Wildman–Crippen LogP) is 2.93. The molecule has 1 aromatic carbocycles. The zero-order chi connectivity index (χ0) is 16.9. The Kier molecular flexibility index (Phi) is 5.07. The maximum Gasteiger partial charge on any atom is 0.321 e. The number of carbonyl (C=O) groups is 2. The number of aromatic amines is 1. The number of benzene rings is 1. The maximum absolute atomic E-state index is 11.8.